The third kappa shape index (κ3) is 7.89. The Balaban J connectivity index is 5.37. The summed E-state index contributed by atoms with van der Waals surface area (Å²) in [5, 5.41) is 0. The van der Waals surface area contributed by atoms with Crippen LogP contribution in [0.2, 0.25) is 0 Å². The molecule has 0 bridgehead atoms. The van der Waals surface area contributed by atoms with E-state index in [1.807, 2.05) is 20.8 Å². The molecule has 0 aliphatic heterocycles. The molecular weight excluding hydrogens is 250 g/mol. The molecule has 0 saturated heterocycles. The lowest BCUT2D eigenvalue weighted by Gasteiger charge is -2.10. The predicted molar refractivity (Wildman–Crippen MR) is 76.6 cm³/mol. The fourth-order valence-corrected chi connectivity index (χ4v) is 1.70. The number of nitrogens with one attached hydrogen (secondary N) is 1. The standard InChI is InChI=1S/C12H23N3O2S/c1-6-7-12(15-18(5,16)17)14-11(9(2)3)8-10(4)13/h7-9,15H,6,13H2,1-5H3/b10-8+,12-7-,14-11-. The minimum absolute atomic E-state index is 0.158. The molecule has 0 radical (unpaired) electrons. The van der Waals surface area contributed by atoms with E-state index < -0.39 is 10.0 Å². The van der Waals surface area contributed by atoms with Crippen LogP contribution in [0.5, 0.6) is 0 Å². The highest BCUT2D eigenvalue weighted by Crippen LogP contribution is 2.06. The van der Waals surface area contributed by atoms with E-state index in [0.29, 0.717) is 17.9 Å². The quantitative estimate of drug-likeness (QED) is 0.723. The van der Waals surface area contributed by atoms with Gasteiger partial charge >= 0.3 is 0 Å². The normalized spacial score (nSPS) is 15.1. The van der Waals surface area contributed by atoms with Gasteiger partial charge in [-0.2, -0.15) is 0 Å². The Morgan fingerprint density at radius 2 is 2.00 bits per heavy atom. The maximum Gasteiger partial charge on any atom is 0.230 e. The average molecular weight is 273 g/mol. The van der Waals surface area contributed by atoms with Gasteiger partial charge in [-0.05, 0) is 31.4 Å². The Morgan fingerprint density at radius 3 is 2.33 bits per heavy atom. The van der Waals surface area contributed by atoms with E-state index in [2.05, 4.69) is 9.71 Å². The summed E-state index contributed by atoms with van der Waals surface area (Å²) in [5.74, 6) is 0.492. The molecule has 0 fully saturated rings. The summed E-state index contributed by atoms with van der Waals surface area (Å²) in [5.41, 5.74) is 7.01. The van der Waals surface area contributed by atoms with Crippen LogP contribution >= 0.6 is 0 Å². The molecule has 3 N–H and O–H groups in total. The first kappa shape index (κ1) is 16.7. The average Bonchev–Trinajstić information content (AvgIpc) is 2.13. The minimum Gasteiger partial charge on any atom is -0.402 e. The number of sulfonamides is 1. The zero-order chi connectivity index (χ0) is 14.3. The molecule has 0 aromatic carbocycles. The number of nitrogens with zero attached hydrogens (tertiary/aromatic N) is 1. The Labute approximate surface area is 110 Å². The van der Waals surface area contributed by atoms with Crippen LogP contribution < -0.4 is 10.5 Å². The monoisotopic (exact) mass is 273 g/mol. The van der Waals surface area contributed by atoms with Gasteiger partial charge in [0.25, 0.3) is 0 Å². The van der Waals surface area contributed by atoms with Crippen molar-refractivity contribution in [2.24, 2.45) is 16.6 Å². The van der Waals surface area contributed by atoms with E-state index in [1.54, 1.807) is 19.1 Å². The number of hydrogen-bond donors (Lipinski definition) is 2. The number of hydrogen-bond acceptors (Lipinski definition) is 4. The molecule has 0 rings (SSSR count). The summed E-state index contributed by atoms with van der Waals surface area (Å²) in [7, 11) is -3.32. The largest absolute Gasteiger partial charge is 0.402 e. The van der Waals surface area contributed by atoms with Gasteiger partial charge in [0, 0.05) is 11.4 Å². The molecule has 0 heterocycles. The van der Waals surface area contributed by atoms with E-state index >= 15 is 0 Å². The molecule has 0 aliphatic rings. The van der Waals surface area contributed by atoms with E-state index in [4.69, 9.17) is 5.73 Å². The van der Waals surface area contributed by atoms with Crippen molar-refractivity contribution in [3.63, 3.8) is 0 Å². The van der Waals surface area contributed by atoms with Gasteiger partial charge in [-0.3, -0.25) is 4.72 Å². The molecule has 0 spiro atoms. The van der Waals surface area contributed by atoms with Crippen molar-refractivity contribution in [2.45, 2.75) is 34.1 Å². The second-order valence-electron chi connectivity index (χ2n) is 4.45. The highest BCUT2D eigenvalue weighted by atomic mass is 32.2. The molecule has 5 nitrogen and oxygen atoms in total. The second kappa shape index (κ2) is 7.20. The maximum atomic E-state index is 11.2. The van der Waals surface area contributed by atoms with Crippen LogP contribution in [0, 0.1) is 5.92 Å². The van der Waals surface area contributed by atoms with Crippen molar-refractivity contribution in [3.8, 4) is 0 Å². The molecule has 0 saturated carbocycles. The van der Waals surface area contributed by atoms with E-state index in [9.17, 15) is 8.42 Å². The first-order chi connectivity index (χ1) is 8.15. The zero-order valence-corrected chi connectivity index (χ0v) is 12.5. The number of rotatable bonds is 6. The van der Waals surface area contributed by atoms with Crippen molar-refractivity contribution < 1.29 is 8.42 Å². The van der Waals surface area contributed by atoms with E-state index in [-0.39, 0.29) is 5.92 Å². The molecule has 0 atom stereocenters. The van der Waals surface area contributed by atoms with Gasteiger partial charge in [0.05, 0.1) is 6.26 Å². The molecule has 18 heavy (non-hydrogen) atoms. The lowest BCUT2D eigenvalue weighted by Crippen LogP contribution is -2.22. The maximum absolute atomic E-state index is 11.2. The van der Waals surface area contributed by atoms with Crippen LogP contribution in [0.25, 0.3) is 0 Å². The van der Waals surface area contributed by atoms with Crippen LogP contribution in [-0.2, 0) is 10.0 Å². The summed E-state index contributed by atoms with van der Waals surface area (Å²) < 4.78 is 24.8. The summed E-state index contributed by atoms with van der Waals surface area (Å²) in [4.78, 5) is 4.32. The van der Waals surface area contributed by atoms with Gasteiger partial charge in [0.1, 0.15) is 5.82 Å². The Morgan fingerprint density at radius 1 is 1.44 bits per heavy atom. The Kier molecular flexibility index (Phi) is 6.68. The zero-order valence-electron chi connectivity index (χ0n) is 11.7. The van der Waals surface area contributed by atoms with Crippen LogP contribution in [0.4, 0.5) is 0 Å². The Bertz CT molecular complexity index is 456. The van der Waals surface area contributed by atoms with E-state index in [1.165, 1.54) is 0 Å². The van der Waals surface area contributed by atoms with Gasteiger partial charge < -0.3 is 5.73 Å². The SMILES string of the molecule is CC/C=C(/N=C(/C=C(\C)N)C(C)C)NS(C)(=O)=O. The number of aliphatic imine (C=N–C) groups is 1. The molecule has 0 aromatic rings. The highest BCUT2D eigenvalue weighted by Gasteiger charge is 2.07. The van der Waals surface area contributed by atoms with Gasteiger partial charge in [-0.1, -0.05) is 20.8 Å². The molecule has 0 aliphatic carbocycles. The smallest absolute Gasteiger partial charge is 0.230 e. The van der Waals surface area contributed by atoms with Crippen molar-refractivity contribution in [1.82, 2.24) is 4.72 Å². The molecule has 104 valence electrons. The van der Waals surface area contributed by atoms with Crippen LogP contribution in [0.15, 0.2) is 28.7 Å². The molecule has 6 heteroatoms. The fraction of sp³-hybridized carbons (Fsp3) is 0.583. The predicted octanol–water partition coefficient (Wildman–Crippen LogP) is 1.75. The first-order valence-electron chi connectivity index (χ1n) is 5.86. The van der Waals surface area contributed by atoms with Crippen LogP contribution in [-0.4, -0.2) is 20.4 Å². The first-order valence-corrected chi connectivity index (χ1v) is 7.75. The van der Waals surface area contributed by atoms with Crippen molar-refractivity contribution >= 4 is 15.7 Å². The molecule has 0 aromatic heterocycles. The second-order valence-corrected chi connectivity index (χ2v) is 6.20. The van der Waals surface area contributed by atoms with Gasteiger partial charge in [0.2, 0.25) is 10.0 Å². The summed E-state index contributed by atoms with van der Waals surface area (Å²) >= 11 is 0. The van der Waals surface area contributed by atoms with Crippen molar-refractivity contribution in [3.05, 3.63) is 23.7 Å². The minimum atomic E-state index is -3.32. The van der Waals surface area contributed by atoms with Crippen LogP contribution in [0.1, 0.15) is 34.1 Å². The number of allylic oxidation sites excluding steroid dienone is 3. The summed E-state index contributed by atoms with van der Waals surface area (Å²) in [6, 6.07) is 0. The number of nitrogens with two attached hydrogens (primary N) is 1. The Hall–Kier alpha value is -1.30. The van der Waals surface area contributed by atoms with E-state index in [0.717, 1.165) is 12.0 Å². The summed E-state index contributed by atoms with van der Waals surface area (Å²) in [6.45, 7) is 7.63. The highest BCUT2D eigenvalue weighted by molar-refractivity contribution is 7.88. The van der Waals surface area contributed by atoms with Crippen LogP contribution in [0.3, 0.4) is 0 Å². The molecular formula is C12H23N3O2S. The fourth-order valence-electron chi connectivity index (χ4n) is 1.19. The third-order valence-electron chi connectivity index (χ3n) is 1.90. The topological polar surface area (TPSA) is 84.5 Å². The lowest BCUT2D eigenvalue weighted by atomic mass is 10.1. The van der Waals surface area contributed by atoms with Crippen molar-refractivity contribution in [2.75, 3.05) is 6.26 Å². The summed E-state index contributed by atoms with van der Waals surface area (Å²) in [6.07, 6.45) is 5.27. The molecule has 0 unspecified atom stereocenters. The molecule has 0 amide bonds. The van der Waals surface area contributed by atoms with Gasteiger partial charge in [-0.15, -0.1) is 0 Å². The lowest BCUT2D eigenvalue weighted by molar-refractivity contribution is 0.594. The third-order valence-corrected chi connectivity index (χ3v) is 2.48. The van der Waals surface area contributed by atoms with Gasteiger partial charge in [-0.25, -0.2) is 13.4 Å². The van der Waals surface area contributed by atoms with Crippen molar-refractivity contribution in [1.29, 1.82) is 0 Å². The van der Waals surface area contributed by atoms with Gasteiger partial charge in [0.15, 0.2) is 0 Å².